The molecule has 0 aromatic heterocycles. The van der Waals surface area contributed by atoms with Crippen molar-refractivity contribution in [3.05, 3.63) is 0 Å². The summed E-state index contributed by atoms with van der Waals surface area (Å²) in [5.74, 6) is 0.951. The predicted octanol–water partition coefficient (Wildman–Crippen LogP) is 2.95. The first kappa shape index (κ1) is 11.4. The van der Waals surface area contributed by atoms with E-state index >= 15 is 0 Å². The molecule has 1 aliphatic carbocycles. The van der Waals surface area contributed by atoms with Gasteiger partial charge in [0.1, 0.15) is 0 Å². The Balaban J connectivity index is 1.94. The number of likely N-dealkylation sites (tertiary alicyclic amines) is 1. The van der Waals surface area contributed by atoms with Gasteiger partial charge >= 0.3 is 0 Å². The van der Waals surface area contributed by atoms with Crippen molar-refractivity contribution in [1.82, 2.24) is 4.90 Å². The maximum Gasteiger partial charge on any atom is 0.223 e. The molecule has 1 heterocycles. The molecule has 15 heavy (non-hydrogen) atoms. The summed E-state index contributed by atoms with van der Waals surface area (Å²) in [6.07, 6.45) is 8.59. The molecule has 0 radical (unpaired) electrons. The Kier molecular flexibility index (Phi) is 4.06. The van der Waals surface area contributed by atoms with Crippen molar-refractivity contribution in [2.45, 2.75) is 51.0 Å². The highest BCUT2D eigenvalue weighted by atomic mass is 79.9. The maximum atomic E-state index is 11.9. The van der Waals surface area contributed by atoms with E-state index in [-0.39, 0.29) is 0 Å². The molecule has 86 valence electrons. The van der Waals surface area contributed by atoms with Crippen LogP contribution in [0.3, 0.4) is 0 Å². The Morgan fingerprint density at radius 1 is 1.20 bits per heavy atom. The molecule has 0 N–H and O–H groups in total. The van der Waals surface area contributed by atoms with Crippen LogP contribution in [0.4, 0.5) is 0 Å². The van der Waals surface area contributed by atoms with Gasteiger partial charge in [-0.15, -0.1) is 0 Å². The fourth-order valence-corrected chi connectivity index (χ4v) is 3.27. The minimum Gasteiger partial charge on any atom is -0.339 e. The van der Waals surface area contributed by atoms with Crippen molar-refractivity contribution >= 4 is 21.8 Å². The fourth-order valence-electron chi connectivity index (χ4n) is 2.83. The zero-order valence-electron chi connectivity index (χ0n) is 9.25. The second-order valence-corrected chi connectivity index (χ2v) is 5.56. The number of hydrogen-bond donors (Lipinski definition) is 0. The van der Waals surface area contributed by atoms with Crippen LogP contribution in [0.15, 0.2) is 0 Å². The number of hydrogen-bond acceptors (Lipinski definition) is 1. The minimum atomic E-state index is 0.395. The molecule has 0 spiro atoms. The first-order chi connectivity index (χ1) is 7.31. The summed E-state index contributed by atoms with van der Waals surface area (Å²) in [6.45, 7) is 0.995. The standard InChI is InChI=1S/C12H20BrNO/c13-8-10-7-12(15)14(9-10)11-5-3-1-2-4-6-11/h10-11H,1-9H2. The van der Waals surface area contributed by atoms with E-state index in [4.69, 9.17) is 0 Å². The van der Waals surface area contributed by atoms with Crippen molar-refractivity contribution in [3.63, 3.8) is 0 Å². The maximum absolute atomic E-state index is 11.9. The summed E-state index contributed by atoms with van der Waals surface area (Å²) >= 11 is 3.49. The summed E-state index contributed by atoms with van der Waals surface area (Å²) in [6, 6.07) is 0.559. The van der Waals surface area contributed by atoms with Crippen LogP contribution in [-0.2, 0) is 4.79 Å². The van der Waals surface area contributed by atoms with Gasteiger partial charge in [0.25, 0.3) is 0 Å². The molecule has 2 fully saturated rings. The van der Waals surface area contributed by atoms with E-state index in [0.29, 0.717) is 17.9 Å². The molecule has 1 unspecified atom stereocenters. The molecule has 1 saturated heterocycles. The third-order valence-electron chi connectivity index (χ3n) is 3.72. The summed E-state index contributed by atoms with van der Waals surface area (Å²) in [7, 11) is 0. The monoisotopic (exact) mass is 273 g/mol. The third kappa shape index (κ3) is 2.74. The normalized spacial score (nSPS) is 29.5. The average Bonchev–Trinajstić information content (AvgIpc) is 2.48. The Labute approximate surface area is 101 Å². The van der Waals surface area contributed by atoms with E-state index in [1.807, 2.05) is 0 Å². The Hall–Kier alpha value is -0.0500. The van der Waals surface area contributed by atoms with Gasteiger partial charge in [-0.25, -0.2) is 0 Å². The number of halogens is 1. The van der Waals surface area contributed by atoms with E-state index in [2.05, 4.69) is 20.8 Å². The third-order valence-corrected chi connectivity index (χ3v) is 4.64. The van der Waals surface area contributed by atoms with Gasteiger partial charge in [0.15, 0.2) is 0 Å². The number of carbonyl (C=O) groups is 1. The lowest BCUT2D eigenvalue weighted by atomic mass is 10.1. The van der Waals surface area contributed by atoms with Crippen molar-refractivity contribution < 1.29 is 4.79 Å². The largest absolute Gasteiger partial charge is 0.339 e. The SMILES string of the molecule is O=C1CC(CBr)CN1C1CCCCCC1. The van der Waals surface area contributed by atoms with E-state index in [1.54, 1.807) is 0 Å². The quantitative estimate of drug-likeness (QED) is 0.560. The van der Waals surface area contributed by atoms with Crippen LogP contribution in [0.5, 0.6) is 0 Å². The van der Waals surface area contributed by atoms with Gasteiger partial charge in [0, 0.05) is 24.3 Å². The molecule has 0 aromatic carbocycles. The average molecular weight is 274 g/mol. The van der Waals surface area contributed by atoms with E-state index in [0.717, 1.165) is 18.3 Å². The van der Waals surface area contributed by atoms with Gasteiger partial charge in [-0.1, -0.05) is 41.6 Å². The fraction of sp³-hybridized carbons (Fsp3) is 0.917. The number of carbonyl (C=O) groups excluding carboxylic acids is 1. The highest BCUT2D eigenvalue weighted by molar-refractivity contribution is 9.09. The first-order valence-electron chi connectivity index (χ1n) is 6.16. The molecule has 0 aromatic rings. The number of alkyl halides is 1. The molecule has 0 bridgehead atoms. The van der Waals surface area contributed by atoms with Crippen LogP contribution < -0.4 is 0 Å². The van der Waals surface area contributed by atoms with Crippen LogP contribution >= 0.6 is 15.9 Å². The van der Waals surface area contributed by atoms with Crippen molar-refractivity contribution in [1.29, 1.82) is 0 Å². The minimum absolute atomic E-state index is 0.395. The molecular weight excluding hydrogens is 254 g/mol. The molecule has 1 saturated carbocycles. The van der Waals surface area contributed by atoms with Gasteiger partial charge in [-0.2, -0.15) is 0 Å². The predicted molar refractivity (Wildman–Crippen MR) is 65.1 cm³/mol. The van der Waals surface area contributed by atoms with Crippen molar-refractivity contribution in [2.75, 3.05) is 11.9 Å². The summed E-state index contributed by atoms with van der Waals surface area (Å²) in [4.78, 5) is 14.0. The molecule has 1 atom stereocenters. The van der Waals surface area contributed by atoms with Crippen molar-refractivity contribution in [2.24, 2.45) is 5.92 Å². The summed E-state index contributed by atoms with van der Waals surface area (Å²) < 4.78 is 0. The lowest BCUT2D eigenvalue weighted by molar-refractivity contribution is -0.129. The number of amides is 1. The highest BCUT2D eigenvalue weighted by Crippen LogP contribution is 2.28. The summed E-state index contributed by atoms with van der Waals surface area (Å²) in [5.41, 5.74) is 0. The van der Waals surface area contributed by atoms with E-state index < -0.39 is 0 Å². The Morgan fingerprint density at radius 3 is 2.40 bits per heavy atom. The van der Waals surface area contributed by atoms with Gasteiger partial charge in [0.2, 0.25) is 5.91 Å². The molecule has 1 amide bonds. The smallest absolute Gasteiger partial charge is 0.223 e. The number of nitrogens with zero attached hydrogens (tertiary/aromatic N) is 1. The number of rotatable bonds is 2. The Bertz CT molecular complexity index is 224. The van der Waals surface area contributed by atoms with Crippen LogP contribution in [0.25, 0.3) is 0 Å². The zero-order chi connectivity index (χ0) is 10.7. The zero-order valence-corrected chi connectivity index (χ0v) is 10.8. The molecular formula is C12H20BrNO. The van der Waals surface area contributed by atoms with Gasteiger partial charge in [-0.3, -0.25) is 4.79 Å². The Morgan fingerprint density at radius 2 is 1.87 bits per heavy atom. The lowest BCUT2D eigenvalue weighted by Crippen LogP contribution is -2.36. The van der Waals surface area contributed by atoms with E-state index in [9.17, 15) is 4.79 Å². The molecule has 2 nitrogen and oxygen atoms in total. The second-order valence-electron chi connectivity index (χ2n) is 4.92. The van der Waals surface area contributed by atoms with Crippen molar-refractivity contribution in [3.8, 4) is 0 Å². The summed E-state index contributed by atoms with van der Waals surface area (Å²) in [5, 5.41) is 0.974. The van der Waals surface area contributed by atoms with Crippen LogP contribution in [0.1, 0.15) is 44.9 Å². The lowest BCUT2D eigenvalue weighted by Gasteiger charge is -2.27. The van der Waals surface area contributed by atoms with Crippen LogP contribution in [-0.4, -0.2) is 28.7 Å². The van der Waals surface area contributed by atoms with Gasteiger partial charge in [-0.05, 0) is 18.8 Å². The molecule has 1 aliphatic heterocycles. The topological polar surface area (TPSA) is 20.3 Å². The van der Waals surface area contributed by atoms with Crippen LogP contribution in [0.2, 0.25) is 0 Å². The van der Waals surface area contributed by atoms with E-state index in [1.165, 1.54) is 38.5 Å². The first-order valence-corrected chi connectivity index (χ1v) is 7.29. The molecule has 2 aliphatic rings. The molecule has 2 rings (SSSR count). The second kappa shape index (κ2) is 5.33. The van der Waals surface area contributed by atoms with Gasteiger partial charge < -0.3 is 4.90 Å². The van der Waals surface area contributed by atoms with Gasteiger partial charge in [0.05, 0.1) is 0 Å². The molecule has 3 heteroatoms. The van der Waals surface area contributed by atoms with Crippen LogP contribution in [0, 0.1) is 5.92 Å². The highest BCUT2D eigenvalue weighted by Gasteiger charge is 2.33.